The lowest BCUT2D eigenvalue weighted by atomic mass is 9.83. The SMILES string of the molecule is [C]1CC(C2CCCCCC2)C=CN1. The Morgan fingerprint density at radius 3 is 2.46 bits per heavy atom. The van der Waals surface area contributed by atoms with E-state index in [1.165, 1.54) is 38.5 Å². The average molecular weight is 177 g/mol. The van der Waals surface area contributed by atoms with Crippen LogP contribution in [0.15, 0.2) is 12.3 Å². The molecule has 0 bridgehead atoms. The molecule has 1 atom stereocenters. The first-order chi connectivity index (χ1) is 6.47. The predicted molar refractivity (Wildman–Crippen MR) is 54.8 cm³/mol. The highest BCUT2D eigenvalue weighted by Crippen LogP contribution is 2.32. The summed E-state index contributed by atoms with van der Waals surface area (Å²) in [6.45, 7) is 3.22. The van der Waals surface area contributed by atoms with Gasteiger partial charge in [-0.25, -0.2) is 0 Å². The van der Waals surface area contributed by atoms with Gasteiger partial charge in [0, 0.05) is 0 Å². The third-order valence-electron chi connectivity index (χ3n) is 3.37. The monoisotopic (exact) mass is 177 g/mol. The van der Waals surface area contributed by atoms with Crippen molar-refractivity contribution in [3.63, 3.8) is 0 Å². The van der Waals surface area contributed by atoms with E-state index in [1.54, 1.807) is 0 Å². The summed E-state index contributed by atoms with van der Waals surface area (Å²) in [6, 6.07) is 0. The van der Waals surface area contributed by atoms with E-state index in [9.17, 15) is 0 Å². The number of allylic oxidation sites excluding steroid dienone is 1. The fourth-order valence-corrected chi connectivity index (χ4v) is 2.54. The first-order valence-electron chi connectivity index (χ1n) is 5.62. The molecule has 0 amide bonds. The summed E-state index contributed by atoms with van der Waals surface area (Å²) < 4.78 is 0. The summed E-state index contributed by atoms with van der Waals surface area (Å²) >= 11 is 0. The van der Waals surface area contributed by atoms with Crippen LogP contribution in [-0.4, -0.2) is 0 Å². The Hall–Kier alpha value is -0.460. The standard InChI is InChI=1S/C12H19N/c1-2-4-6-11(5-3-1)12-7-9-13-10-8-12/h7,9,11-13H,1-6,8H2. The van der Waals surface area contributed by atoms with E-state index >= 15 is 0 Å². The quantitative estimate of drug-likeness (QED) is 0.607. The minimum Gasteiger partial charge on any atom is -0.381 e. The van der Waals surface area contributed by atoms with Gasteiger partial charge < -0.3 is 5.32 Å². The number of hydrogen-bond donors (Lipinski definition) is 1. The molecule has 1 saturated carbocycles. The number of rotatable bonds is 1. The molecule has 0 spiro atoms. The van der Waals surface area contributed by atoms with Crippen molar-refractivity contribution < 1.29 is 0 Å². The molecule has 0 saturated heterocycles. The fraction of sp³-hybridized carbons (Fsp3) is 0.750. The molecule has 0 aromatic rings. The Kier molecular flexibility index (Phi) is 3.28. The lowest BCUT2D eigenvalue weighted by molar-refractivity contribution is 0.338. The molecular formula is C12H19N. The van der Waals surface area contributed by atoms with Crippen molar-refractivity contribution >= 4 is 0 Å². The highest BCUT2D eigenvalue weighted by molar-refractivity contribution is 4.98. The lowest BCUT2D eigenvalue weighted by Crippen LogP contribution is -2.19. The van der Waals surface area contributed by atoms with Gasteiger partial charge in [-0.15, -0.1) is 0 Å². The van der Waals surface area contributed by atoms with E-state index in [-0.39, 0.29) is 0 Å². The molecular weight excluding hydrogens is 158 g/mol. The normalized spacial score (nSPS) is 30.9. The summed E-state index contributed by atoms with van der Waals surface area (Å²) in [5.41, 5.74) is 0. The summed E-state index contributed by atoms with van der Waals surface area (Å²) in [5.74, 6) is 1.72. The molecule has 72 valence electrons. The molecule has 1 N–H and O–H groups in total. The minimum absolute atomic E-state index is 0.777. The van der Waals surface area contributed by atoms with E-state index < -0.39 is 0 Å². The highest BCUT2D eigenvalue weighted by Gasteiger charge is 2.21. The molecule has 1 nitrogen and oxygen atoms in total. The van der Waals surface area contributed by atoms with E-state index in [0.29, 0.717) is 0 Å². The zero-order valence-corrected chi connectivity index (χ0v) is 8.26. The van der Waals surface area contributed by atoms with Crippen LogP contribution < -0.4 is 5.32 Å². The van der Waals surface area contributed by atoms with Crippen LogP contribution in [0.1, 0.15) is 44.9 Å². The third kappa shape index (κ3) is 2.49. The highest BCUT2D eigenvalue weighted by atomic mass is 14.8. The van der Waals surface area contributed by atoms with Gasteiger partial charge >= 0.3 is 0 Å². The van der Waals surface area contributed by atoms with Crippen molar-refractivity contribution in [1.29, 1.82) is 0 Å². The molecule has 0 aromatic carbocycles. The second kappa shape index (κ2) is 4.69. The summed E-state index contributed by atoms with van der Waals surface area (Å²) in [5, 5.41) is 3.04. The van der Waals surface area contributed by atoms with Crippen LogP contribution in [0.3, 0.4) is 0 Å². The summed E-state index contributed by atoms with van der Waals surface area (Å²) in [6.07, 6.45) is 14.2. The van der Waals surface area contributed by atoms with Crippen molar-refractivity contribution in [2.75, 3.05) is 0 Å². The second-order valence-corrected chi connectivity index (χ2v) is 4.30. The predicted octanol–water partition coefficient (Wildman–Crippen LogP) is 3.12. The van der Waals surface area contributed by atoms with Gasteiger partial charge in [0.25, 0.3) is 0 Å². The molecule has 2 aliphatic rings. The van der Waals surface area contributed by atoms with Crippen LogP contribution in [0.25, 0.3) is 0 Å². The van der Waals surface area contributed by atoms with E-state index in [0.717, 1.165) is 18.3 Å². The van der Waals surface area contributed by atoms with E-state index in [1.807, 2.05) is 0 Å². The third-order valence-corrected chi connectivity index (χ3v) is 3.37. The van der Waals surface area contributed by atoms with Crippen LogP contribution in [0.2, 0.25) is 0 Å². The Morgan fingerprint density at radius 2 is 1.85 bits per heavy atom. The van der Waals surface area contributed by atoms with Gasteiger partial charge in [-0.3, -0.25) is 0 Å². The van der Waals surface area contributed by atoms with Gasteiger partial charge in [0.2, 0.25) is 0 Å². The van der Waals surface area contributed by atoms with Gasteiger partial charge in [-0.1, -0.05) is 31.8 Å². The van der Waals surface area contributed by atoms with Crippen LogP contribution >= 0.6 is 0 Å². The number of nitrogens with one attached hydrogen (secondary N) is 1. The van der Waals surface area contributed by atoms with Crippen LogP contribution in [0, 0.1) is 18.4 Å². The van der Waals surface area contributed by atoms with Crippen molar-refractivity contribution in [3.8, 4) is 0 Å². The van der Waals surface area contributed by atoms with Crippen molar-refractivity contribution in [2.24, 2.45) is 11.8 Å². The molecule has 1 aliphatic heterocycles. The maximum absolute atomic E-state index is 3.22. The number of hydrogen-bond acceptors (Lipinski definition) is 1. The Labute approximate surface area is 81.6 Å². The lowest BCUT2D eigenvalue weighted by Gasteiger charge is -2.25. The molecule has 1 aliphatic carbocycles. The van der Waals surface area contributed by atoms with Crippen molar-refractivity contribution in [1.82, 2.24) is 5.32 Å². The van der Waals surface area contributed by atoms with Gasteiger partial charge in [0.15, 0.2) is 0 Å². The van der Waals surface area contributed by atoms with Gasteiger partial charge in [0.1, 0.15) is 0 Å². The van der Waals surface area contributed by atoms with Crippen molar-refractivity contribution in [3.05, 3.63) is 18.8 Å². The second-order valence-electron chi connectivity index (χ2n) is 4.30. The molecule has 13 heavy (non-hydrogen) atoms. The minimum atomic E-state index is 0.777. The first kappa shape index (κ1) is 9.11. The molecule has 1 heteroatoms. The Bertz CT molecular complexity index is 166. The fourth-order valence-electron chi connectivity index (χ4n) is 2.54. The Balaban J connectivity index is 1.89. The van der Waals surface area contributed by atoms with Gasteiger partial charge in [-0.05, 0) is 37.3 Å². The zero-order valence-electron chi connectivity index (χ0n) is 8.26. The maximum Gasteiger partial charge on any atom is 0.0881 e. The van der Waals surface area contributed by atoms with Gasteiger partial charge in [0.05, 0.1) is 6.54 Å². The molecule has 1 fully saturated rings. The molecule has 1 heterocycles. The van der Waals surface area contributed by atoms with Crippen LogP contribution in [0.5, 0.6) is 0 Å². The maximum atomic E-state index is 3.22. The molecule has 1 unspecified atom stereocenters. The van der Waals surface area contributed by atoms with Crippen molar-refractivity contribution in [2.45, 2.75) is 44.9 Å². The van der Waals surface area contributed by atoms with Crippen LogP contribution in [-0.2, 0) is 0 Å². The topological polar surface area (TPSA) is 12.0 Å². The molecule has 2 rings (SSSR count). The van der Waals surface area contributed by atoms with E-state index in [2.05, 4.69) is 24.1 Å². The Morgan fingerprint density at radius 1 is 1.08 bits per heavy atom. The van der Waals surface area contributed by atoms with E-state index in [4.69, 9.17) is 0 Å². The summed E-state index contributed by atoms with van der Waals surface area (Å²) in [4.78, 5) is 0. The van der Waals surface area contributed by atoms with Crippen LogP contribution in [0.4, 0.5) is 0 Å². The van der Waals surface area contributed by atoms with Gasteiger partial charge in [-0.2, -0.15) is 0 Å². The zero-order chi connectivity index (χ0) is 8.93. The first-order valence-corrected chi connectivity index (χ1v) is 5.62. The average Bonchev–Trinajstić information content (AvgIpc) is 2.47. The smallest absolute Gasteiger partial charge is 0.0881 e. The summed E-state index contributed by atoms with van der Waals surface area (Å²) in [7, 11) is 0. The largest absolute Gasteiger partial charge is 0.381 e. The molecule has 2 radical (unpaired) electrons. The molecule has 0 aromatic heterocycles.